The number of ketones is 1. The first kappa shape index (κ1) is 19.6. The molecular formula is C20H24N4OS. The van der Waals surface area contributed by atoms with Crippen molar-refractivity contribution in [2.24, 2.45) is 5.92 Å². The van der Waals surface area contributed by atoms with Crippen LogP contribution in [0.5, 0.6) is 0 Å². The van der Waals surface area contributed by atoms with Gasteiger partial charge in [-0.05, 0) is 42.2 Å². The summed E-state index contributed by atoms with van der Waals surface area (Å²) < 4.78 is 0. The first-order valence-corrected chi connectivity index (χ1v) is 8.82. The van der Waals surface area contributed by atoms with Gasteiger partial charge in [-0.15, -0.1) is 0 Å². The van der Waals surface area contributed by atoms with Crippen LogP contribution in [0.3, 0.4) is 0 Å². The summed E-state index contributed by atoms with van der Waals surface area (Å²) >= 11 is 5.49. The monoisotopic (exact) mass is 368 g/mol. The summed E-state index contributed by atoms with van der Waals surface area (Å²) in [6.45, 7) is 10.0. The van der Waals surface area contributed by atoms with Crippen LogP contribution in [-0.2, 0) is 11.3 Å². The smallest absolute Gasteiger partial charge is 0.167 e. The Labute approximate surface area is 159 Å². The predicted octanol–water partition coefficient (Wildman–Crippen LogP) is 3.18. The molecule has 2 rings (SSSR count). The lowest BCUT2D eigenvalue weighted by Crippen LogP contribution is -2.34. The van der Waals surface area contributed by atoms with Gasteiger partial charge in [0, 0.05) is 30.6 Å². The average molecular weight is 369 g/mol. The number of pyridine rings is 1. The van der Waals surface area contributed by atoms with E-state index in [0.29, 0.717) is 35.0 Å². The molecule has 0 saturated heterocycles. The third-order valence-electron chi connectivity index (χ3n) is 4.02. The van der Waals surface area contributed by atoms with Crippen LogP contribution in [0.2, 0.25) is 0 Å². The van der Waals surface area contributed by atoms with Crippen LogP contribution in [0.4, 0.5) is 5.82 Å². The van der Waals surface area contributed by atoms with E-state index >= 15 is 0 Å². The van der Waals surface area contributed by atoms with E-state index in [1.165, 1.54) is 0 Å². The van der Waals surface area contributed by atoms with E-state index in [9.17, 15) is 4.79 Å². The largest absolute Gasteiger partial charge is 0.384 e. The minimum Gasteiger partial charge on any atom is -0.384 e. The Hall–Kier alpha value is -2.73. The lowest BCUT2D eigenvalue weighted by atomic mass is 9.87. The van der Waals surface area contributed by atoms with Crippen molar-refractivity contribution in [2.75, 3.05) is 5.73 Å². The normalized spacial score (nSPS) is 17.7. The molecule has 1 aliphatic rings. The van der Waals surface area contributed by atoms with Crippen molar-refractivity contribution in [3.8, 4) is 0 Å². The van der Waals surface area contributed by atoms with Gasteiger partial charge in [-0.1, -0.05) is 38.4 Å². The third kappa shape index (κ3) is 5.13. The summed E-state index contributed by atoms with van der Waals surface area (Å²) in [5, 5.41) is 6.44. The highest BCUT2D eigenvalue weighted by Crippen LogP contribution is 2.26. The van der Waals surface area contributed by atoms with Crippen molar-refractivity contribution >= 4 is 28.8 Å². The Bertz CT molecular complexity index is 795. The van der Waals surface area contributed by atoms with Crippen molar-refractivity contribution in [3.63, 3.8) is 0 Å². The minimum atomic E-state index is 0.0417. The van der Waals surface area contributed by atoms with E-state index in [4.69, 9.17) is 18.0 Å². The Morgan fingerprint density at radius 2 is 2.23 bits per heavy atom. The van der Waals surface area contributed by atoms with Crippen LogP contribution in [0.15, 0.2) is 66.7 Å². The van der Waals surface area contributed by atoms with Gasteiger partial charge in [-0.3, -0.25) is 4.79 Å². The Morgan fingerprint density at radius 3 is 2.88 bits per heavy atom. The van der Waals surface area contributed by atoms with Crippen LogP contribution in [0, 0.1) is 5.92 Å². The summed E-state index contributed by atoms with van der Waals surface area (Å²) in [6, 6.07) is 3.69. The van der Waals surface area contributed by atoms with Crippen LogP contribution in [-0.4, -0.2) is 15.8 Å². The molecule has 0 radical (unpaired) electrons. The van der Waals surface area contributed by atoms with Gasteiger partial charge in [0.1, 0.15) is 10.8 Å². The molecule has 1 aromatic heterocycles. The van der Waals surface area contributed by atoms with E-state index in [0.717, 1.165) is 17.7 Å². The van der Waals surface area contributed by atoms with E-state index in [2.05, 4.69) is 35.7 Å². The Balaban J connectivity index is 2.25. The first-order chi connectivity index (χ1) is 12.4. The molecule has 5 nitrogen and oxygen atoms in total. The second-order valence-corrected chi connectivity index (χ2v) is 6.66. The van der Waals surface area contributed by atoms with Gasteiger partial charge in [-0.2, -0.15) is 0 Å². The fraction of sp³-hybridized carbons (Fsp3) is 0.250. The maximum absolute atomic E-state index is 12.6. The topological polar surface area (TPSA) is 80.0 Å². The second kappa shape index (κ2) is 9.10. The Morgan fingerprint density at radius 1 is 1.46 bits per heavy atom. The highest BCUT2D eigenvalue weighted by atomic mass is 32.1. The van der Waals surface area contributed by atoms with E-state index in [1.54, 1.807) is 30.5 Å². The molecule has 1 unspecified atom stereocenters. The van der Waals surface area contributed by atoms with Gasteiger partial charge in [0.2, 0.25) is 0 Å². The lowest BCUT2D eigenvalue weighted by molar-refractivity contribution is -0.116. The highest BCUT2D eigenvalue weighted by molar-refractivity contribution is 7.80. The zero-order valence-corrected chi connectivity index (χ0v) is 15.7. The van der Waals surface area contributed by atoms with Gasteiger partial charge >= 0.3 is 0 Å². The second-order valence-electron chi connectivity index (χ2n) is 6.25. The molecule has 136 valence electrons. The van der Waals surface area contributed by atoms with Crippen LogP contribution >= 0.6 is 12.2 Å². The number of anilines is 1. The molecule has 4 N–H and O–H groups in total. The highest BCUT2D eigenvalue weighted by Gasteiger charge is 2.28. The molecule has 1 atom stereocenters. The molecule has 0 bridgehead atoms. The number of allylic oxidation sites excluding steroid dienone is 4. The van der Waals surface area contributed by atoms with Crippen LogP contribution < -0.4 is 16.4 Å². The number of hydrogen-bond acceptors (Lipinski definition) is 5. The number of thiocarbonyl (C=S) groups is 1. The number of nitrogens with two attached hydrogens (primary N) is 1. The first-order valence-electron chi connectivity index (χ1n) is 8.41. The van der Waals surface area contributed by atoms with Crippen molar-refractivity contribution in [3.05, 3.63) is 72.2 Å². The molecular weight excluding hydrogens is 344 g/mol. The molecule has 6 heteroatoms. The molecule has 0 spiro atoms. The van der Waals surface area contributed by atoms with Crippen molar-refractivity contribution in [2.45, 2.75) is 26.3 Å². The molecule has 1 aliphatic carbocycles. The molecule has 0 aromatic carbocycles. The van der Waals surface area contributed by atoms with Gasteiger partial charge in [0.05, 0.1) is 5.57 Å². The van der Waals surface area contributed by atoms with E-state index < -0.39 is 0 Å². The predicted molar refractivity (Wildman–Crippen MR) is 110 cm³/mol. The van der Waals surface area contributed by atoms with Gasteiger partial charge < -0.3 is 16.4 Å². The zero-order valence-electron chi connectivity index (χ0n) is 14.9. The fourth-order valence-corrected chi connectivity index (χ4v) is 3.18. The average Bonchev–Trinajstić information content (AvgIpc) is 2.59. The Kier molecular flexibility index (Phi) is 6.86. The number of nitrogen functional groups attached to an aromatic ring is 1. The van der Waals surface area contributed by atoms with Gasteiger partial charge in [0.25, 0.3) is 0 Å². The summed E-state index contributed by atoms with van der Waals surface area (Å²) in [7, 11) is 0. The van der Waals surface area contributed by atoms with Crippen molar-refractivity contribution in [1.29, 1.82) is 0 Å². The number of nitrogens with one attached hydrogen (secondary N) is 2. The maximum atomic E-state index is 12.6. The SMILES string of the molecule is C=C/C=C(\C=C)NC(=S)C1=C(NCc2ccnc(N)c2)CC(C)CC1=O. The summed E-state index contributed by atoms with van der Waals surface area (Å²) in [5.74, 6) is 0.774. The quantitative estimate of drug-likeness (QED) is 0.507. The summed E-state index contributed by atoms with van der Waals surface area (Å²) in [5.41, 5.74) is 8.81. The van der Waals surface area contributed by atoms with Gasteiger partial charge in [0.15, 0.2) is 5.78 Å². The fourth-order valence-electron chi connectivity index (χ4n) is 2.83. The van der Waals surface area contributed by atoms with Crippen molar-refractivity contribution in [1.82, 2.24) is 15.6 Å². The number of carbonyl (C=O) groups excluding carboxylic acids is 1. The van der Waals surface area contributed by atoms with Gasteiger partial charge in [-0.25, -0.2) is 4.98 Å². The third-order valence-corrected chi connectivity index (χ3v) is 4.33. The zero-order chi connectivity index (χ0) is 19.1. The molecule has 1 aromatic rings. The summed E-state index contributed by atoms with van der Waals surface area (Å²) in [4.78, 5) is 17.0. The molecule has 26 heavy (non-hydrogen) atoms. The minimum absolute atomic E-state index is 0.0417. The molecule has 0 fully saturated rings. The van der Waals surface area contributed by atoms with E-state index in [1.807, 2.05) is 6.07 Å². The molecule has 1 heterocycles. The molecule has 0 saturated carbocycles. The number of aromatic nitrogens is 1. The number of nitrogens with zero attached hydrogens (tertiary/aromatic N) is 1. The molecule has 0 amide bonds. The number of carbonyl (C=O) groups is 1. The van der Waals surface area contributed by atoms with Crippen LogP contribution in [0.1, 0.15) is 25.3 Å². The van der Waals surface area contributed by atoms with E-state index in [-0.39, 0.29) is 11.7 Å². The standard InChI is InChI=1S/C20H24N4OS/c1-4-6-15(5-2)24-20(26)19-16(9-13(3)10-17(19)25)23-12-14-7-8-22-18(21)11-14/h4-8,11,13,23H,1-2,9-10,12H2,3H3,(H2,21,22)(H,24,26)/b15-6+. The number of Topliss-reactive ketones (excluding diaryl/α,β-unsaturated/α-hetero) is 1. The number of rotatable bonds is 7. The maximum Gasteiger partial charge on any atom is 0.167 e. The summed E-state index contributed by atoms with van der Waals surface area (Å²) in [6.07, 6.45) is 7.94. The number of hydrogen-bond donors (Lipinski definition) is 3. The molecule has 0 aliphatic heterocycles. The van der Waals surface area contributed by atoms with Crippen LogP contribution in [0.25, 0.3) is 0 Å². The van der Waals surface area contributed by atoms with Crippen molar-refractivity contribution < 1.29 is 4.79 Å². The lowest BCUT2D eigenvalue weighted by Gasteiger charge is -2.26.